The zero-order valence-electron chi connectivity index (χ0n) is 11.9. The van der Waals surface area contributed by atoms with Crippen molar-refractivity contribution in [1.82, 2.24) is 0 Å². The number of nitrogens with two attached hydrogens (primary N) is 1. The van der Waals surface area contributed by atoms with Crippen LogP contribution in [0.5, 0.6) is 0 Å². The summed E-state index contributed by atoms with van der Waals surface area (Å²) in [6, 6.07) is 5.80. The van der Waals surface area contributed by atoms with E-state index in [1.807, 2.05) is 18.2 Å². The Kier molecular flexibility index (Phi) is 5.17. The Bertz CT molecular complexity index is 492. The summed E-state index contributed by atoms with van der Waals surface area (Å²) in [5, 5.41) is 0.718. The van der Waals surface area contributed by atoms with Crippen LogP contribution in [-0.2, 0) is 0 Å². The van der Waals surface area contributed by atoms with Crippen LogP contribution in [-0.4, -0.2) is 24.8 Å². The number of amidine groups is 1. The summed E-state index contributed by atoms with van der Waals surface area (Å²) in [5.41, 5.74) is 7.46. The molecule has 0 bridgehead atoms. The van der Waals surface area contributed by atoms with Gasteiger partial charge in [0, 0.05) is 13.1 Å². The monoisotopic (exact) mass is 313 g/mol. The van der Waals surface area contributed by atoms with Crippen LogP contribution in [0.1, 0.15) is 20.3 Å². The number of benzene rings is 1. The molecule has 0 radical (unpaired) electrons. The van der Waals surface area contributed by atoms with E-state index in [2.05, 4.69) is 23.7 Å². The van der Waals surface area contributed by atoms with Gasteiger partial charge in [-0.2, -0.15) is 0 Å². The van der Waals surface area contributed by atoms with Crippen molar-refractivity contribution in [3.05, 3.63) is 23.2 Å². The SMILES string of the molecule is CC1CC(C)CN(c2ccc(N=C(N)CCl)cc2Cl)C1. The highest BCUT2D eigenvalue weighted by Gasteiger charge is 2.23. The molecule has 1 aliphatic rings. The third-order valence-corrected chi connectivity index (χ3v) is 4.13. The second-order valence-electron chi connectivity index (χ2n) is 5.72. The molecule has 0 aliphatic carbocycles. The smallest absolute Gasteiger partial charge is 0.115 e. The molecule has 1 aromatic carbocycles. The Hall–Kier alpha value is -0.930. The van der Waals surface area contributed by atoms with E-state index in [0.717, 1.165) is 29.5 Å². The molecule has 1 heterocycles. The van der Waals surface area contributed by atoms with Crippen LogP contribution in [0.4, 0.5) is 11.4 Å². The fourth-order valence-electron chi connectivity index (χ4n) is 2.88. The van der Waals surface area contributed by atoms with Crippen molar-refractivity contribution in [2.45, 2.75) is 20.3 Å². The first-order valence-corrected chi connectivity index (χ1v) is 7.84. The fraction of sp³-hybridized carbons (Fsp3) is 0.533. The zero-order valence-corrected chi connectivity index (χ0v) is 13.5. The Morgan fingerprint density at radius 1 is 1.35 bits per heavy atom. The van der Waals surface area contributed by atoms with Crippen molar-refractivity contribution < 1.29 is 0 Å². The van der Waals surface area contributed by atoms with Crippen molar-refractivity contribution in [2.24, 2.45) is 22.6 Å². The molecule has 2 atom stereocenters. The van der Waals surface area contributed by atoms with Crippen LogP contribution < -0.4 is 10.6 Å². The summed E-state index contributed by atoms with van der Waals surface area (Å²) in [5.74, 6) is 2.01. The molecule has 2 rings (SSSR count). The molecule has 2 N–H and O–H groups in total. The van der Waals surface area contributed by atoms with E-state index in [-0.39, 0.29) is 5.88 Å². The number of halogens is 2. The van der Waals surface area contributed by atoms with Gasteiger partial charge >= 0.3 is 0 Å². The lowest BCUT2D eigenvalue weighted by Gasteiger charge is -2.37. The van der Waals surface area contributed by atoms with E-state index in [0.29, 0.717) is 17.7 Å². The molecule has 0 saturated carbocycles. The minimum Gasteiger partial charge on any atom is -0.386 e. The normalized spacial score (nSPS) is 24.0. The topological polar surface area (TPSA) is 41.6 Å². The molecular formula is C15H21Cl2N3. The van der Waals surface area contributed by atoms with Crippen LogP contribution in [0.2, 0.25) is 5.02 Å². The maximum absolute atomic E-state index is 6.40. The second-order valence-corrected chi connectivity index (χ2v) is 6.40. The Morgan fingerprint density at radius 3 is 2.55 bits per heavy atom. The van der Waals surface area contributed by atoms with Gasteiger partial charge in [0.15, 0.2) is 0 Å². The molecule has 110 valence electrons. The van der Waals surface area contributed by atoms with Crippen molar-refractivity contribution in [1.29, 1.82) is 0 Å². The molecule has 1 aromatic rings. The van der Waals surface area contributed by atoms with Crippen LogP contribution in [0.15, 0.2) is 23.2 Å². The van der Waals surface area contributed by atoms with E-state index >= 15 is 0 Å². The molecular weight excluding hydrogens is 293 g/mol. The van der Waals surface area contributed by atoms with Gasteiger partial charge in [-0.25, -0.2) is 4.99 Å². The number of rotatable bonds is 3. The van der Waals surface area contributed by atoms with E-state index in [9.17, 15) is 0 Å². The predicted molar refractivity (Wildman–Crippen MR) is 88.6 cm³/mol. The van der Waals surface area contributed by atoms with Crippen LogP contribution in [0.25, 0.3) is 0 Å². The van der Waals surface area contributed by atoms with E-state index in [1.165, 1.54) is 6.42 Å². The molecule has 1 saturated heterocycles. The van der Waals surface area contributed by atoms with E-state index in [4.69, 9.17) is 28.9 Å². The van der Waals surface area contributed by atoms with Gasteiger partial charge in [-0.15, -0.1) is 11.6 Å². The summed E-state index contributed by atoms with van der Waals surface area (Å²) in [6.07, 6.45) is 1.28. The first-order chi connectivity index (χ1) is 9.49. The lowest BCUT2D eigenvalue weighted by molar-refractivity contribution is 0.357. The average Bonchev–Trinajstić information content (AvgIpc) is 2.37. The van der Waals surface area contributed by atoms with Gasteiger partial charge in [-0.3, -0.25) is 0 Å². The number of aliphatic imine (C=N–C) groups is 1. The lowest BCUT2D eigenvalue weighted by Crippen LogP contribution is -2.38. The molecule has 0 amide bonds. The minimum absolute atomic E-state index is 0.223. The Labute approximate surface area is 130 Å². The largest absolute Gasteiger partial charge is 0.386 e. The van der Waals surface area contributed by atoms with Gasteiger partial charge in [0.05, 0.1) is 22.3 Å². The number of hydrogen-bond acceptors (Lipinski definition) is 2. The lowest BCUT2D eigenvalue weighted by atomic mass is 9.91. The van der Waals surface area contributed by atoms with Crippen LogP contribution >= 0.6 is 23.2 Å². The number of nitrogens with zero attached hydrogens (tertiary/aromatic N) is 2. The van der Waals surface area contributed by atoms with Crippen LogP contribution in [0.3, 0.4) is 0 Å². The van der Waals surface area contributed by atoms with Gasteiger partial charge in [0.25, 0.3) is 0 Å². The number of alkyl halides is 1. The third-order valence-electron chi connectivity index (χ3n) is 3.55. The maximum atomic E-state index is 6.40. The number of piperidine rings is 1. The predicted octanol–water partition coefficient (Wildman–Crippen LogP) is 4.05. The maximum Gasteiger partial charge on any atom is 0.115 e. The number of anilines is 1. The Morgan fingerprint density at radius 2 is 2.00 bits per heavy atom. The summed E-state index contributed by atoms with van der Waals surface area (Å²) >= 11 is 12.0. The van der Waals surface area contributed by atoms with Crippen molar-refractivity contribution in [3.8, 4) is 0 Å². The quantitative estimate of drug-likeness (QED) is 0.519. The molecule has 1 aliphatic heterocycles. The summed E-state index contributed by atoms with van der Waals surface area (Å²) in [6.45, 7) is 6.68. The van der Waals surface area contributed by atoms with E-state index in [1.54, 1.807) is 0 Å². The highest BCUT2D eigenvalue weighted by atomic mass is 35.5. The van der Waals surface area contributed by atoms with Crippen molar-refractivity contribution in [3.63, 3.8) is 0 Å². The highest BCUT2D eigenvalue weighted by molar-refractivity contribution is 6.33. The fourth-order valence-corrected chi connectivity index (χ4v) is 3.23. The molecule has 20 heavy (non-hydrogen) atoms. The third kappa shape index (κ3) is 3.80. The summed E-state index contributed by atoms with van der Waals surface area (Å²) < 4.78 is 0. The molecule has 5 heteroatoms. The minimum atomic E-state index is 0.223. The van der Waals surface area contributed by atoms with Crippen LogP contribution in [0, 0.1) is 11.8 Å². The molecule has 2 unspecified atom stereocenters. The molecule has 0 spiro atoms. The van der Waals surface area contributed by atoms with E-state index < -0.39 is 0 Å². The van der Waals surface area contributed by atoms with Gasteiger partial charge in [0.1, 0.15) is 5.84 Å². The van der Waals surface area contributed by atoms with Gasteiger partial charge < -0.3 is 10.6 Å². The first-order valence-electron chi connectivity index (χ1n) is 6.93. The average molecular weight is 314 g/mol. The van der Waals surface area contributed by atoms with Gasteiger partial charge in [-0.05, 0) is 36.5 Å². The Balaban J connectivity index is 2.21. The molecule has 3 nitrogen and oxygen atoms in total. The highest BCUT2D eigenvalue weighted by Crippen LogP contribution is 2.33. The first kappa shape index (κ1) is 15.5. The second kappa shape index (κ2) is 6.68. The van der Waals surface area contributed by atoms with Crippen molar-refractivity contribution in [2.75, 3.05) is 23.9 Å². The van der Waals surface area contributed by atoms with Gasteiger partial charge in [0.2, 0.25) is 0 Å². The number of hydrogen-bond donors (Lipinski definition) is 1. The summed E-state index contributed by atoms with van der Waals surface area (Å²) in [4.78, 5) is 6.57. The molecule has 0 aromatic heterocycles. The van der Waals surface area contributed by atoms with Gasteiger partial charge in [-0.1, -0.05) is 25.4 Å². The molecule has 1 fully saturated rings. The van der Waals surface area contributed by atoms with Crippen molar-refractivity contribution >= 4 is 40.4 Å². The standard InChI is InChI=1S/C15H21Cl2N3/c1-10-5-11(2)9-20(8-10)14-4-3-12(6-13(14)17)19-15(18)7-16/h3-4,6,10-11H,5,7-9H2,1-2H3,(H2,18,19). The zero-order chi connectivity index (χ0) is 14.7. The summed E-state index contributed by atoms with van der Waals surface area (Å²) in [7, 11) is 0.